The van der Waals surface area contributed by atoms with Gasteiger partial charge in [0.15, 0.2) is 0 Å². The number of hydrogen-bond donors (Lipinski definition) is 2. The third-order valence-electron chi connectivity index (χ3n) is 3.87. The van der Waals surface area contributed by atoms with Gasteiger partial charge >= 0.3 is 0 Å². The first-order valence-corrected chi connectivity index (χ1v) is 6.99. The summed E-state index contributed by atoms with van der Waals surface area (Å²) in [6.45, 7) is 4.65. The Kier molecular flexibility index (Phi) is 5.02. The second-order valence-electron chi connectivity index (χ2n) is 5.36. The Hall–Kier alpha value is -1.06. The fourth-order valence-electron chi connectivity index (χ4n) is 2.73. The minimum absolute atomic E-state index is 0.872. The summed E-state index contributed by atoms with van der Waals surface area (Å²) in [6, 6.07) is 8.26. The Morgan fingerprint density at radius 1 is 1.33 bits per heavy atom. The minimum atomic E-state index is 0.872. The van der Waals surface area contributed by atoms with E-state index in [9.17, 15) is 0 Å². The van der Waals surface area contributed by atoms with Crippen LogP contribution in [0.15, 0.2) is 24.3 Å². The van der Waals surface area contributed by atoms with E-state index in [1.165, 1.54) is 37.9 Å². The number of rotatable bonds is 5. The molecule has 1 aliphatic heterocycles. The van der Waals surface area contributed by atoms with Crippen LogP contribution >= 0.6 is 0 Å². The molecule has 1 aliphatic rings. The van der Waals surface area contributed by atoms with Gasteiger partial charge in [-0.25, -0.2) is 0 Å². The summed E-state index contributed by atoms with van der Waals surface area (Å²) >= 11 is 0. The molecule has 3 heteroatoms. The maximum atomic E-state index is 5.82. The van der Waals surface area contributed by atoms with Gasteiger partial charge in [-0.2, -0.15) is 0 Å². The van der Waals surface area contributed by atoms with E-state index in [1.807, 2.05) is 19.2 Å². The fourth-order valence-corrected chi connectivity index (χ4v) is 2.73. The second kappa shape index (κ2) is 6.76. The fraction of sp³-hybridized carbons (Fsp3) is 0.600. The molecule has 0 aliphatic carbocycles. The summed E-state index contributed by atoms with van der Waals surface area (Å²) in [5.41, 5.74) is 8.02. The molecule has 3 nitrogen and oxygen atoms in total. The Labute approximate surface area is 110 Å². The molecule has 1 aromatic rings. The number of nitrogens with zero attached hydrogens (tertiary/aromatic N) is 1. The molecule has 0 unspecified atom stereocenters. The van der Waals surface area contributed by atoms with Crippen molar-refractivity contribution in [2.24, 2.45) is 5.92 Å². The lowest BCUT2D eigenvalue weighted by Gasteiger charge is -2.32. The van der Waals surface area contributed by atoms with Gasteiger partial charge in [-0.3, -0.25) is 4.90 Å². The van der Waals surface area contributed by atoms with Gasteiger partial charge in [0.25, 0.3) is 0 Å². The van der Waals surface area contributed by atoms with Crippen molar-refractivity contribution in [3.05, 3.63) is 29.8 Å². The first-order valence-electron chi connectivity index (χ1n) is 6.99. The van der Waals surface area contributed by atoms with E-state index in [4.69, 9.17) is 5.73 Å². The van der Waals surface area contributed by atoms with E-state index in [1.54, 1.807) is 0 Å². The highest BCUT2D eigenvalue weighted by Gasteiger charge is 2.18. The van der Waals surface area contributed by atoms with Crippen LogP contribution in [0.5, 0.6) is 0 Å². The molecule has 1 saturated heterocycles. The molecule has 0 amide bonds. The molecule has 100 valence electrons. The molecule has 1 heterocycles. The molecule has 0 bridgehead atoms. The monoisotopic (exact) mass is 247 g/mol. The summed E-state index contributed by atoms with van der Waals surface area (Å²) in [5, 5.41) is 3.24. The molecule has 0 atom stereocenters. The topological polar surface area (TPSA) is 41.3 Å². The van der Waals surface area contributed by atoms with Gasteiger partial charge in [-0.15, -0.1) is 0 Å². The van der Waals surface area contributed by atoms with Crippen molar-refractivity contribution in [3.8, 4) is 0 Å². The highest BCUT2D eigenvalue weighted by atomic mass is 15.1. The number of benzene rings is 1. The third-order valence-corrected chi connectivity index (χ3v) is 3.87. The maximum absolute atomic E-state index is 5.82. The summed E-state index contributed by atoms with van der Waals surface area (Å²) < 4.78 is 0. The highest BCUT2D eigenvalue weighted by molar-refractivity contribution is 5.40. The number of anilines is 1. The molecule has 0 saturated carbocycles. The lowest BCUT2D eigenvalue weighted by atomic mass is 9.93. The van der Waals surface area contributed by atoms with Crippen LogP contribution in [0.25, 0.3) is 0 Å². The number of nitrogens with one attached hydrogen (secondary N) is 1. The van der Waals surface area contributed by atoms with Crippen molar-refractivity contribution in [1.29, 1.82) is 0 Å². The number of hydrogen-bond acceptors (Lipinski definition) is 3. The van der Waals surface area contributed by atoms with E-state index >= 15 is 0 Å². The van der Waals surface area contributed by atoms with Crippen LogP contribution in [0.2, 0.25) is 0 Å². The lowest BCUT2D eigenvalue weighted by molar-refractivity contribution is 0.172. The predicted molar refractivity (Wildman–Crippen MR) is 77.4 cm³/mol. The Balaban J connectivity index is 1.76. The quantitative estimate of drug-likeness (QED) is 0.783. The standard InChI is InChI=1S/C15H25N3/c1-17-8-5-13-6-9-18(10-7-13)12-14-3-2-4-15(16)11-14/h2-4,11,13,17H,5-10,12,16H2,1H3. The van der Waals surface area contributed by atoms with Gasteiger partial charge in [-0.1, -0.05) is 12.1 Å². The van der Waals surface area contributed by atoms with Crippen molar-refractivity contribution in [3.63, 3.8) is 0 Å². The van der Waals surface area contributed by atoms with Crippen LogP contribution in [0.1, 0.15) is 24.8 Å². The van der Waals surface area contributed by atoms with Crippen molar-refractivity contribution >= 4 is 5.69 Å². The van der Waals surface area contributed by atoms with E-state index < -0.39 is 0 Å². The average Bonchev–Trinajstić information content (AvgIpc) is 2.38. The summed E-state index contributed by atoms with van der Waals surface area (Å²) in [6.07, 6.45) is 4.00. The van der Waals surface area contributed by atoms with Crippen molar-refractivity contribution in [2.75, 3.05) is 32.4 Å². The van der Waals surface area contributed by atoms with Gasteiger partial charge in [0, 0.05) is 12.2 Å². The van der Waals surface area contributed by atoms with Crippen LogP contribution in [-0.4, -0.2) is 31.6 Å². The van der Waals surface area contributed by atoms with Crippen molar-refractivity contribution < 1.29 is 0 Å². The summed E-state index contributed by atoms with van der Waals surface area (Å²) in [7, 11) is 2.04. The SMILES string of the molecule is CNCCC1CCN(Cc2cccc(N)c2)CC1. The minimum Gasteiger partial charge on any atom is -0.399 e. The molecule has 1 aromatic carbocycles. The molecule has 0 aromatic heterocycles. The Morgan fingerprint density at radius 2 is 2.11 bits per heavy atom. The van der Waals surface area contributed by atoms with Crippen molar-refractivity contribution in [2.45, 2.75) is 25.8 Å². The molecule has 2 rings (SSSR count). The van der Waals surface area contributed by atoms with Gasteiger partial charge in [0.2, 0.25) is 0 Å². The number of nitrogen functional groups attached to an aromatic ring is 1. The maximum Gasteiger partial charge on any atom is 0.0317 e. The van der Waals surface area contributed by atoms with E-state index in [0.717, 1.165) is 24.7 Å². The summed E-state index contributed by atoms with van der Waals surface area (Å²) in [5.74, 6) is 0.912. The predicted octanol–water partition coefficient (Wildman–Crippen LogP) is 2.09. The third kappa shape index (κ3) is 4.00. The van der Waals surface area contributed by atoms with Crippen LogP contribution in [0, 0.1) is 5.92 Å². The van der Waals surface area contributed by atoms with E-state index in [0.29, 0.717) is 0 Å². The zero-order chi connectivity index (χ0) is 12.8. The molecule has 1 fully saturated rings. The first-order chi connectivity index (χ1) is 8.78. The smallest absolute Gasteiger partial charge is 0.0317 e. The summed E-state index contributed by atoms with van der Waals surface area (Å²) in [4.78, 5) is 2.55. The zero-order valence-corrected chi connectivity index (χ0v) is 11.4. The van der Waals surface area contributed by atoms with Crippen molar-refractivity contribution in [1.82, 2.24) is 10.2 Å². The van der Waals surface area contributed by atoms with Gasteiger partial charge in [-0.05, 0) is 69.6 Å². The average molecular weight is 247 g/mol. The second-order valence-corrected chi connectivity index (χ2v) is 5.36. The first kappa shape index (κ1) is 13.4. The van der Waals surface area contributed by atoms with Crippen LogP contribution in [0.3, 0.4) is 0 Å². The normalized spacial score (nSPS) is 18.1. The van der Waals surface area contributed by atoms with Gasteiger partial charge in [0.1, 0.15) is 0 Å². The molecule has 0 spiro atoms. The van der Waals surface area contributed by atoms with Crippen LogP contribution in [-0.2, 0) is 6.54 Å². The van der Waals surface area contributed by atoms with Crippen LogP contribution < -0.4 is 11.1 Å². The van der Waals surface area contributed by atoms with Gasteiger partial charge in [0.05, 0.1) is 0 Å². The molecule has 18 heavy (non-hydrogen) atoms. The molecular formula is C15H25N3. The van der Waals surface area contributed by atoms with E-state index in [2.05, 4.69) is 22.3 Å². The molecule has 3 N–H and O–H groups in total. The van der Waals surface area contributed by atoms with Gasteiger partial charge < -0.3 is 11.1 Å². The largest absolute Gasteiger partial charge is 0.399 e. The lowest BCUT2D eigenvalue weighted by Crippen LogP contribution is -2.34. The number of nitrogens with two attached hydrogens (primary N) is 1. The Morgan fingerprint density at radius 3 is 2.78 bits per heavy atom. The number of likely N-dealkylation sites (tertiary alicyclic amines) is 1. The molecule has 0 radical (unpaired) electrons. The van der Waals surface area contributed by atoms with E-state index in [-0.39, 0.29) is 0 Å². The number of piperidine rings is 1. The zero-order valence-electron chi connectivity index (χ0n) is 11.4. The Bertz CT molecular complexity index is 357. The molecular weight excluding hydrogens is 222 g/mol. The highest BCUT2D eigenvalue weighted by Crippen LogP contribution is 2.21. The van der Waals surface area contributed by atoms with Crippen LogP contribution in [0.4, 0.5) is 5.69 Å².